The second-order valence-corrected chi connectivity index (χ2v) is 9.80. The minimum atomic E-state index is -1.30. The van der Waals surface area contributed by atoms with E-state index in [4.69, 9.17) is 39.1 Å². The molecule has 0 saturated carbocycles. The molecule has 0 spiro atoms. The van der Waals surface area contributed by atoms with E-state index in [9.17, 15) is 9.59 Å². The van der Waals surface area contributed by atoms with Crippen molar-refractivity contribution < 1.29 is 38.0 Å². The van der Waals surface area contributed by atoms with Crippen LogP contribution >= 0.6 is 0 Å². The fourth-order valence-electron chi connectivity index (χ4n) is 4.65. The second-order valence-electron chi connectivity index (χ2n) is 9.80. The molecule has 1 aliphatic heterocycles. The highest BCUT2D eigenvalue weighted by molar-refractivity contribution is 6.00. The maximum absolute atomic E-state index is 13.4. The minimum absolute atomic E-state index is 0.131. The largest absolute Gasteiger partial charge is 0.493 e. The van der Waals surface area contributed by atoms with Gasteiger partial charge in [-0.3, -0.25) is 0 Å². The standard InChI is InChI=1S/C33H38N2O8/c1-38-32(37)33(23-25-9-4-2-5-10-25)30(26-11-6-3-7-12-26)43-31(35-33)27-13-15-28(16-14-27)41-18-8-19-42-29(36)24-40-22-21-39-20-17-34/h2-7,9-16,30H,8,17-24,34H2,1H3/t30-,33-/m0/s1. The van der Waals surface area contributed by atoms with Gasteiger partial charge in [-0.15, -0.1) is 0 Å². The lowest BCUT2D eigenvalue weighted by atomic mass is 9.83. The quantitative estimate of drug-likeness (QED) is 0.185. The van der Waals surface area contributed by atoms with Crippen molar-refractivity contribution in [2.45, 2.75) is 24.5 Å². The van der Waals surface area contributed by atoms with E-state index in [1.165, 1.54) is 7.11 Å². The molecule has 10 heteroatoms. The van der Waals surface area contributed by atoms with E-state index in [0.29, 0.717) is 63.0 Å². The molecule has 0 unspecified atom stereocenters. The smallest absolute Gasteiger partial charge is 0.338 e. The second kappa shape index (κ2) is 16.4. The summed E-state index contributed by atoms with van der Waals surface area (Å²) in [4.78, 5) is 30.0. The van der Waals surface area contributed by atoms with Gasteiger partial charge in [0.1, 0.15) is 12.4 Å². The van der Waals surface area contributed by atoms with E-state index in [1.54, 1.807) is 12.1 Å². The van der Waals surface area contributed by atoms with Crippen molar-refractivity contribution >= 4 is 17.8 Å². The summed E-state index contributed by atoms with van der Waals surface area (Å²) in [5, 5.41) is 0. The van der Waals surface area contributed by atoms with Gasteiger partial charge in [0, 0.05) is 24.9 Å². The number of benzene rings is 3. The highest BCUT2D eigenvalue weighted by atomic mass is 16.6. The zero-order chi connectivity index (χ0) is 30.3. The van der Waals surface area contributed by atoms with Gasteiger partial charge in [0.25, 0.3) is 0 Å². The predicted octanol–water partition coefficient (Wildman–Crippen LogP) is 3.66. The Morgan fingerprint density at radius 1 is 0.860 bits per heavy atom. The zero-order valence-electron chi connectivity index (χ0n) is 24.3. The number of hydrogen-bond donors (Lipinski definition) is 1. The van der Waals surface area contributed by atoms with Crippen LogP contribution in [-0.2, 0) is 39.7 Å². The van der Waals surface area contributed by atoms with E-state index < -0.39 is 23.6 Å². The molecule has 0 bridgehead atoms. The Labute approximate surface area is 251 Å². The van der Waals surface area contributed by atoms with Gasteiger partial charge in [-0.05, 0) is 35.4 Å². The average molecular weight is 591 g/mol. The molecule has 1 aliphatic rings. The van der Waals surface area contributed by atoms with Gasteiger partial charge >= 0.3 is 11.9 Å². The van der Waals surface area contributed by atoms with Crippen LogP contribution in [0.4, 0.5) is 0 Å². The maximum atomic E-state index is 13.4. The van der Waals surface area contributed by atoms with E-state index in [1.807, 2.05) is 72.8 Å². The first-order valence-corrected chi connectivity index (χ1v) is 14.2. The van der Waals surface area contributed by atoms with Crippen molar-refractivity contribution in [1.29, 1.82) is 0 Å². The molecule has 4 rings (SSSR count). The van der Waals surface area contributed by atoms with Gasteiger partial charge in [-0.1, -0.05) is 60.7 Å². The third kappa shape index (κ3) is 8.87. The van der Waals surface area contributed by atoms with Gasteiger partial charge in [0.05, 0.1) is 40.1 Å². The van der Waals surface area contributed by atoms with E-state index in [-0.39, 0.29) is 13.2 Å². The van der Waals surface area contributed by atoms with Crippen LogP contribution in [0, 0.1) is 0 Å². The zero-order valence-corrected chi connectivity index (χ0v) is 24.3. The van der Waals surface area contributed by atoms with Gasteiger partial charge in [-0.25, -0.2) is 14.6 Å². The summed E-state index contributed by atoms with van der Waals surface area (Å²) in [5.41, 5.74) is 6.50. The van der Waals surface area contributed by atoms with Crippen LogP contribution in [0.15, 0.2) is 89.9 Å². The Morgan fingerprint density at radius 2 is 1.56 bits per heavy atom. The first-order valence-electron chi connectivity index (χ1n) is 14.2. The number of esters is 2. The van der Waals surface area contributed by atoms with Gasteiger partial charge < -0.3 is 34.2 Å². The molecular weight excluding hydrogens is 552 g/mol. The molecule has 228 valence electrons. The number of hydrogen-bond acceptors (Lipinski definition) is 10. The Balaban J connectivity index is 1.35. The number of carbonyl (C=O) groups is 2. The van der Waals surface area contributed by atoms with Gasteiger partial charge in [-0.2, -0.15) is 0 Å². The van der Waals surface area contributed by atoms with Gasteiger partial charge in [0.2, 0.25) is 11.4 Å². The summed E-state index contributed by atoms with van der Waals surface area (Å²) in [6, 6.07) is 26.6. The molecule has 10 nitrogen and oxygen atoms in total. The number of nitrogens with two attached hydrogens (primary N) is 1. The Kier molecular flexibility index (Phi) is 12.1. The number of aliphatic imine (C=N–C) groups is 1. The fraction of sp³-hybridized carbons (Fsp3) is 0.364. The lowest BCUT2D eigenvalue weighted by Gasteiger charge is -2.29. The summed E-state index contributed by atoms with van der Waals surface area (Å²) < 4.78 is 33.0. The van der Waals surface area contributed by atoms with Crippen LogP contribution < -0.4 is 10.5 Å². The monoisotopic (exact) mass is 590 g/mol. The van der Waals surface area contributed by atoms with Crippen LogP contribution in [0.1, 0.15) is 29.2 Å². The molecule has 0 aliphatic carbocycles. The molecular formula is C33H38N2O8. The molecule has 0 amide bonds. The molecule has 0 radical (unpaired) electrons. The number of carbonyl (C=O) groups excluding carboxylic acids is 2. The van der Waals surface area contributed by atoms with Crippen molar-refractivity contribution in [2.24, 2.45) is 10.7 Å². The van der Waals surface area contributed by atoms with Crippen molar-refractivity contribution in [3.63, 3.8) is 0 Å². The SMILES string of the molecule is COC(=O)[C@@]1(Cc2ccccc2)N=C(c2ccc(OCCCOC(=O)COCCOCCN)cc2)O[C@H]1c1ccccc1. The van der Waals surface area contributed by atoms with E-state index >= 15 is 0 Å². The maximum Gasteiger partial charge on any atom is 0.338 e. The lowest BCUT2D eigenvalue weighted by molar-refractivity contribution is -0.150. The third-order valence-corrected chi connectivity index (χ3v) is 6.70. The average Bonchev–Trinajstić information content (AvgIpc) is 3.43. The highest BCUT2D eigenvalue weighted by Gasteiger charge is 2.54. The predicted molar refractivity (Wildman–Crippen MR) is 160 cm³/mol. The Hall–Kier alpha value is -4.25. The van der Waals surface area contributed by atoms with Crippen molar-refractivity contribution in [1.82, 2.24) is 0 Å². The Morgan fingerprint density at radius 3 is 2.26 bits per heavy atom. The van der Waals surface area contributed by atoms with Crippen molar-refractivity contribution in [3.8, 4) is 5.75 Å². The van der Waals surface area contributed by atoms with Crippen LogP contribution in [0.5, 0.6) is 5.75 Å². The summed E-state index contributed by atoms with van der Waals surface area (Å²) in [5.74, 6) is 0.0768. The number of methoxy groups -OCH3 is 1. The highest BCUT2D eigenvalue weighted by Crippen LogP contribution is 2.43. The molecule has 3 aromatic rings. The number of rotatable bonds is 17. The summed E-state index contributed by atoms with van der Waals surface area (Å²) >= 11 is 0. The van der Waals surface area contributed by atoms with E-state index in [2.05, 4.69) is 0 Å². The fourth-order valence-corrected chi connectivity index (χ4v) is 4.65. The van der Waals surface area contributed by atoms with E-state index in [0.717, 1.165) is 11.1 Å². The van der Waals surface area contributed by atoms with Crippen LogP contribution in [0.3, 0.4) is 0 Å². The molecule has 0 fully saturated rings. The lowest BCUT2D eigenvalue weighted by Crippen LogP contribution is -2.44. The third-order valence-electron chi connectivity index (χ3n) is 6.70. The van der Waals surface area contributed by atoms with Crippen LogP contribution in [0.25, 0.3) is 0 Å². The number of nitrogens with zero attached hydrogens (tertiary/aromatic N) is 1. The molecule has 2 atom stereocenters. The molecule has 3 aromatic carbocycles. The summed E-state index contributed by atoms with van der Waals surface area (Å²) in [7, 11) is 1.37. The summed E-state index contributed by atoms with van der Waals surface area (Å²) in [6.07, 6.45) is 0.151. The Bertz CT molecular complexity index is 1320. The van der Waals surface area contributed by atoms with Crippen LogP contribution in [-0.4, -0.2) is 76.7 Å². The molecule has 0 aromatic heterocycles. The van der Waals surface area contributed by atoms with Crippen LogP contribution in [0.2, 0.25) is 0 Å². The summed E-state index contributed by atoms with van der Waals surface area (Å²) in [6.45, 7) is 2.02. The first kappa shape index (κ1) is 31.7. The first-order chi connectivity index (χ1) is 21.1. The number of ether oxygens (including phenoxy) is 6. The molecule has 0 saturated heterocycles. The molecule has 1 heterocycles. The topological polar surface area (TPSA) is 128 Å². The van der Waals surface area contributed by atoms with Crippen molar-refractivity contribution in [2.75, 3.05) is 53.3 Å². The minimum Gasteiger partial charge on any atom is -0.493 e. The normalized spacial score (nSPS) is 17.5. The molecule has 43 heavy (non-hydrogen) atoms. The molecule has 2 N–H and O–H groups in total. The van der Waals surface area contributed by atoms with Crippen molar-refractivity contribution in [3.05, 3.63) is 102 Å². The van der Waals surface area contributed by atoms with Gasteiger partial charge in [0.15, 0.2) is 6.10 Å².